The maximum atomic E-state index is 12.4. The van der Waals surface area contributed by atoms with Gasteiger partial charge in [-0.05, 0) is 48.4 Å². The van der Waals surface area contributed by atoms with Gasteiger partial charge >= 0.3 is 0 Å². The van der Waals surface area contributed by atoms with Gasteiger partial charge in [-0.15, -0.1) is 0 Å². The van der Waals surface area contributed by atoms with Crippen LogP contribution in [0.3, 0.4) is 0 Å². The number of rotatable bonds is 5. The molecule has 0 bridgehead atoms. The largest absolute Gasteiger partial charge is 0.454 e. The number of hydrogen-bond donors (Lipinski definition) is 2. The average Bonchev–Trinajstić information content (AvgIpc) is 3.16. The number of aromatic nitrogens is 1. The average molecular weight is 361 g/mol. The number of pyridine rings is 1. The first kappa shape index (κ1) is 16.9. The summed E-state index contributed by atoms with van der Waals surface area (Å²) in [6, 6.07) is 17.0. The van der Waals surface area contributed by atoms with Gasteiger partial charge in [0.25, 0.3) is 5.91 Å². The minimum atomic E-state index is -0.226. The Bertz CT molecular complexity index is 971. The number of nitrogens with zero attached hydrogens (tertiary/aromatic N) is 1. The highest BCUT2D eigenvalue weighted by atomic mass is 16.7. The van der Waals surface area contributed by atoms with Crippen molar-refractivity contribution in [2.45, 2.75) is 13.5 Å². The zero-order valence-corrected chi connectivity index (χ0v) is 14.9. The zero-order valence-electron chi connectivity index (χ0n) is 14.9. The van der Waals surface area contributed by atoms with Gasteiger partial charge < -0.3 is 20.1 Å². The molecule has 2 heterocycles. The summed E-state index contributed by atoms with van der Waals surface area (Å²) in [4.78, 5) is 16.8. The van der Waals surface area contributed by atoms with Crippen molar-refractivity contribution in [3.05, 3.63) is 77.5 Å². The van der Waals surface area contributed by atoms with Gasteiger partial charge in [0.05, 0.1) is 11.9 Å². The van der Waals surface area contributed by atoms with Crippen molar-refractivity contribution in [1.82, 2.24) is 4.98 Å². The number of ether oxygens (including phenoxy) is 2. The lowest BCUT2D eigenvalue weighted by atomic mass is 10.1. The smallest absolute Gasteiger partial charge is 0.255 e. The molecule has 27 heavy (non-hydrogen) atoms. The minimum Gasteiger partial charge on any atom is -0.454 e. The number of aryl methyl sites for hydroxylation is 1. The Morgan fingerprint density at radius 2 is 1.93 bits per heavy atom. The monoisotopic (exact) mass is 361 g/mol. The second-order valence-electron chi connectivity index (χ2n) is 6.23. The van der Waals surface area contributed by atoms with Crippen molar-refractivity contribution in [3.63, 3.8) is 0 Å². The van der Waals surface area contributed by atoms with E-state index in [9.17, 15) is 4.79 Å². The van der Waals surface area contributed by atoms with E-state index in [2.05, 4.69) is 34.7 Å². The molecule has 1 aliphatic heterocycles. The predicted molar refractivity (Wildman–Crippen MR) is 103 cm³/mol. The van der Waals surface area contributed by atoms with Gasteiger partial charge in [-0.3, -0.25) is 4.79 Å². The molecule has 2 N–H and O–H groups in total. The predicted octanol–water partition coefficient (Wildman–Crippen LogP) is 3.98. The van der Waals surface area contributed by atoms with Gasteiger partial charge in [0.2, 0.25) is 6.79 Å². The Labute approximate surface area is 157 Å². The normalized spacial score (nSPS) is 11.9. The molecule has 2 aromatic carbocycles. The lowest BCUT2D eigenvalue weighted by molar-refractivity contribution is 0.102. The molecule has 3 aromatic rings. The molecule has 136 valence electrons. The maximum absolute atomic E-state index is 12.4. The van der Waals surface area contributed by atoms with Crippen LogP contribution in [-0.4, -0.2) is 17.7 Å². The van der Waals surface area contributed by atoms with Gasteiger partial charge in [-0.2, -0.15) is 0 Å². The molecule has 0 atom stereocenters. The van der Waals surface area contributed by atoms with Gasteiger partial charge in [0.15, 0.2) is 11.5 Å². The summed E-state index contributed by atoms with van der Waals surface area (Å²) >= 11 is 0. The van der Waals surface area contributed by atoms with E-state index >= 15 is 0 Å². The van der Waals surface area contributed by atoms with E-state index in [1.54, 1.807) is 24.4 Å². The fraction of sp³-hybridized carbons (Fsp3) is 0.143. The molecule has 0 spiro atoms. The van der Waals surface area contributed by atoms with Crippen LogP contribution < -0.4 is 20.1 Å². The highest BCUT2D eigenvalue weighted by Gasteiger charge is 2.16. The zero-order chi connectivity index (χ0) is 18.6. The van der Waals surface area contributed by atoms with Gasteiger partial charge in [-0.25, -0.2) is 4.98 Å². The summed E-state index contributed by atoms with van der Waals surface area (Å²) in [5.41, 5.74) is 3.58. The Morgan fingerprint density at radius 1 is 1.07 bits per heavy atom. The molecule has 0 aliphatic carbocycles. The summed E-state index contributed by atoms with van der Waals surface area (Å²) in [6.45, 7) is 2.96. The summed E-state index contributed by atoms with van der Waals surface area (Å²) < 4.78 is 10.6. The molecular weight excluding hydrogens is 342 g/mol. The number of nitrogens with one attached hydrogen (secondary N) is 2. The first-order valence-electron chi connectivity index (χ1n) is 8.64. The van der Waals surface area contributed by atoms with Crippen molar-refractivity contribution >= 4 is 17.4 Å². The minimum absolute atomic E-state index is 0.182. The fourth-order valence-corrected chi connectivity index (χ4v) is 2.81. The van der Waals surface area contributed by atoms with Crippen molar-refractivity contribution in [2.75, 3.05) is 17.4 Å². The molecule has 0 saturated carbocycles. The third kappa shape index (κ3) is 3.84. The van der Waals surface area contributed by atoms with Crippen LogP contribution in [0.4, 0.5) is 11.5 Å². The Hall–Kier alpha value is -3.54. The summed E-state index contributed by atoms with van der Waals surface area (Å²) in [5, 5.41) is 6.12. The van der Waals surface area contributed by atoms with Crippen LogP contribution in [0.5, 0.6) is 11.5 Å². The van der Waals surface area contributed by atoms with Gasteiger partial charge in [0.1, 0.15) is 5.82 Å². The van der Waals surface area contributed by atoms with Crippen LogP contribution in [0.15, 0.2) is 60.8 Å². The van der Waals surface area contributed by atoms with Crippen LogP contribution in [0.2, 0.25) is 0 Å². The quantitative estimate of drug-likeness (QED) is 0.719. The van der Waals surface area contributed by atoms with Crippen molar-refractivity contribution in [2.24, 2.45) is 0 Å². The first-order valence-corrected chi connectivity index (χ1v) is 8.64. The summed E-state index contributed by atoms with van der Waals surface area (Å²) in [5.74, 6) is 1.75. The number of benzene rings is 2. The van der Waals surface area contributed by atoms with E-state index in [-0.39, 0.29) is 12.7 Å². The van der Waals surface area contributed by atoms with Crippen LogP contribution in [0.25, 0.3) is 0 Å². The van der Waals surface area contributed by atoms with Crippen molar-refractivity contribution in [3.8, 4) is 11.5 Å². The van der Waals surface area contributed by atoms with E-state index in [0.29, 0.717) is 29.3 Å². The van der Waals surface area contributed by atoms with Crippen LogP contribution in [0, 0.1) is 6.92 Å². The van der Waals surface area contributed by atoms with Crippen molar-refractivity contribution in [1.29, 1.82) is 0 Å². The molecule has 1 amide bonds. The maximum Gasteiger partial charge on any atom is 0.255 e. The summed E-state index contributed by atoms with van der Waals surface area (Å²) in [6.07, 6.45) is 1.63. The van der Waals surface area contributed by atoms with E-state index in [1.807, 2.05) is 24.3 Å². The van der Waals surface area contributed by atoms with E-state index in [4.69, 9.17) is 9.47 Å². The second kappa shape index (κ2) is 7.37. The first-order chi connectivity index (χ1) is 13.2. The Balaban J connectivity index is 1.37. The van der Waals surface area contributed by atoms with E-state index in [0.717, 1.165) is 5.82 Å². The molecule has 0 unspecified atom stereocenters. The molecule has 6 heteroatoms. The fourth-order valence-electron chi connectivity index (χ4n) is 2.81. The van der Waals surface area contributed by atoms with Crippen LogP contribution in [-0.2, 0) is 6.54 Å². The highest BCUT2D eigenvalue weighted by Crippen LogP contribution is 2.32. The number of fused-ring (bicyclic) bond motifs is 1. The highest BCUT2D eigenvalue weighted by molar-refractivity contribution is 6.04. The molecule has 4 rings (SSSR count). The molecular formula is C21H19N3O3. The van der Waals surface area contributed by atoms with Crippen molar-refractivity contribution < 1.29 is 14.3 Å². The molecule has 1 aliphatic rings. The molecule has 0 fully saturated rings. The molecule has 0 saturated heterocycles. The second-order valence-corrected chi connectivity index (χ2v) is 6.23. The van der Waals surface area contributed by atoms with Crippen LogP contribution >= 0.6 is 0 Å². The van der Waals surface area contributed by atoms with Gasteiger partial charge in [0, 0.05) is 12.1 Å². The third-order valence-corrected chi connectivity index (χ3v) is 4.38. The molecule has 1 aromatic heterocycles. The van der Waals surface area contributed by atoms with Crippen LogP contribution in [0.1, 0.15) is 21.5 Å². The topological polar surface area (TPSA) is 72.5 Å². The lowest BCUT2D eigenvalue weighted by Gasteiger charge is -2.09. The molecule has 6 nitrogen and oxygen atoms in total. The number of carbonyl (C=O) groups excluding carboxylic acids is 1. The Morgan fingerprint density at radius 3 is 2.74 bits per heavy atom. The SMILES string of the molecule is Cc1ccccc1CNc1ccc(NC(=O)c2ccc3c(c2)OCO3)cn1. The number of amides is 1. The Kier molecular flexibility index (Phi) is 4.61. The standard InChI is InChI=1S/C21H19N3O3/c1-14-4-2-3-5-16(14)11-22-20-9-7-17(12-23-20)24-21(25)15-6-8-18-19(10-15)27-13-26-18/h2-10,12H,11,13H2,1H3,(H,22,23)(H,24,25). The number of anilines is 2. The number of hydrogen-bond acceptors (Lipinski definition) is 5. The van der Waals surface area contributed by atoms with E-state index in [1.165, 1.54) is 11.1 Å². The van der Waals surface area contributed by atoms with Gasteiger partial charge in [-0.1, -0.05) is 24.3 Å². The summed E-state index contributed by atoms with van der Waals surface area (Å²) in [7, 11) is 0. The lowest BCUT2D eigenvalue weighted by Crippen LogP contribution is -2.12. The molecule has 0 radical (unpaired) electrons. The number of carbonyl (C=O) groups is 1. The van der Waals surface area contributed by atoms with E-state index < -0.39 is 0 Å². The third-order valence-electron chi connectivity index (χ3n) is 4.38.